The Morgan fingerprint density at radius 2 is 2.33 bits per heavy atom. The predicted molar refractivity (Wildman–Crippen MR) is 60.7 cm³/mol. The van der Waals surface area contributed by atoms with Gasteiger partial charge in [-0.3, -0.25) is 0 Å². The van der Waals surface area contributed by atoms with E-state index in [-0.39, 0.29) is 0 Å². The monoisotopic (exact) mass is 205 g/mol. The van der Waals surface area contributed by atoms with E-state index in [2.05, 4.69) is 16.4 Å². The van der Waals surface area contributed by atoms with Gasteiger partial charge in [-0.05, 0) is 30.7 Å². The van der Waals surface area contributed by atoms with Crippen molar-refractivity contribution in [3.8, 4) is 5.88 Å². The number of rotatable bonds is 2. The smallest absolute Gasteiger partial charge is 0.222 e. The van der Waals surface area contributed by atoms with Crippen molar-refractivity contribution in [2.24, 2.45) is 0 Å². The van der Waals surface area contributed by atoms with Crippen LogP contribution in [-0.4, -0.2) is 25.2 Å². The van der Waals surface area contributed by atoms with Crippen LogP contribution in [0.4, 0.5) is 5.82 Å². The van der Waals surface area contributed by atoms with Gasteiger partial charge in [-0.2, -0.15) is 4.98 Å². The maximum Gasteiger partial charge on any atom is 0.222 e. The van der Waals surface area contributed by atoms with Gasteiger partial charge < -0.3 is 15.8 Å². The molecule has 0 amide bonds. The Labute approximate surface area is 89.1 Å². The summed E-state index contributed by atoms with van der Waals surface area (Å²) in [6.45, 7) is 1.90. The quantitative estimate of drug-likeness (QED) is 0.757. The molecule has 2 rings (SSSR count). The lowest BCUT2D eigenvalue weighted by molar-refractivity contribution is 0.397. The predicted octanol–water partition coefficient (Wildman–Crippen LogP) is 1.05. The van der Waals surface area contributed by atoms with Gasteiger partial charge in [-0.1, -0.05) is 6.08 Å². The molecule has 1 aliphatic heterocycles. The molecule has 0 saturated carbocycles. The van der Waals surface area contributed by atoms with Crippen LogP contribution < -0.4 is 15.8 Å². The van der Waals surface area contributed by atoms with Crippen LogP contribution in [0.25, 0.3) is 5.57 Å². The van der Waals surface area contributed by atoms with Gasteiger partial charge in [0.15, 0.2) is 0 Å². The van der Waals surface area contributed by atoms with E-state index in [1.165, 1.54) is 5.57 Å². The zero-order chi connectivity index (χ0) is 10.7. The van der Waals surface area contributed by atoms with Crippen molar-refractivity contribution in [2.75, 3.05) is 25.9 Å². The van der Waals surface area contributed by atoms with Crippen LogP contribution in [0.15, 0.2) is 18.2 Å². The molecule has 0 aromatic carbocycles. The first-order valence-corrected chi connectivity index (χ1v) is 5.02. The first-order valence-electron chi connectivity index (χ1n) is 5.02. The summed E-state index contributed by atoms with van der Waals surface area (Å²) in [7, 11) is 1.62. The molecule has 1 aliphatic rings. The minimum atomic E-state index is 0.491. The summed E-state index contributed by atoms with van der Waals surface area (Å²) in [4.78, 5) is 4.16. The highest BCUT2D eigenvalue weighted by molar-refractivity contribution is 5.71. The van der Waals surface area contributed by atoms with Crippen LogP contribution >= 0.6 is 0 Å². The van der Waals surface area contributed by atoms with E-state index in [0.29, 0.717) is 11.7 Å². The summed E-state index contributed by atoms with van der Waals surface area (Å²) in [6, 6.07) is 3.78. The van der Waals surface area contributed by atoms with Gasteiger partial charge in [0.2, 0.25) is 5.88 Å². The first-order chi connectivity index (χ1) is 7.31. The molecule has 0 unspecified atom stereocenters. The van der Waals surface area contributed by atoms with E-state index in [9.17, 15) is 0 Å². The van der Waals surface area contributed by atoms with Gasteiger partial charge in [0.1, 0.15) is 5.82 Å². The van der Waals surface area contributed by atoms with Crippen molar-refractivity contribution in [1.82, 2.24) is 10.3 Å². The fourth-order valence-corrected chi connectivity index (χ4v) is 1.72. The second-order valence-corrected chi connectivity index (χ2v) is 3.48. The Morgan fingerprint density at radius 3 is 3.00 bits per heavy atom. The number of methoxy groups -OCH3 is 1. The van der Waals surface area contributed by atoms with E-state index in [4.69, 9.17) is 10.5 Å². The van der Waals surface area contributed by atoms with Crippen LogP contribution in [0.1, 0.15) is 12.0 Å². The molecule has 0 bridgehead atoms. The fraction of sp³-hybridized carbons (Fsp3) is 0.364. The summed E-state index contributed by atoms with van der Waals surface area (Å²) in [5.41, 5.74) is 7.93. The summed E-state index contributed by atoms with van der Waals surface area (Å²) in [6.07, 6.45) is 3.17. The summed E-state index contributed by atoms with van der Waals surface area (Å²) in [5.74, 6) is 1.10. The largest absolute Gasteiger partial charge is 0.481 e. The van der Waals surface area contributed by atoms with Gasteiger partial charge in [0.05, 0.1) is 7.11 Å². The second-order valence-electron chi connectivity index (χ2n) is 3.48. The fourth-order valence-electron chi connectivity index (χ4n) is 1.72. The molecule has 0 fully saturated rings. The third-order valence-corrected chi connectivity index (χ3v) is 2.49. The average molecular weight is 205 g/mol. The maximum absolute atomic E-state index is 5.61. The Hall–Kier alpha value is -1.55. The SMILES string of the molecule is COc1nc(N)ccc1C1=CCNCC1. The lowest BCUT2D eigenvalue weighted by atomic mass is 10.0. The molecule has 1 aromatic rings. The topological polar surface area (TPSA) is 60.2 Å². The molecule has 0 radical (unpaired) electrons. The molecule has 0 spiro atoms. The second kappa shape index (κ2) is 4.31. The van der Waals surface area contributed by atoms with E-state index in [0.717, 1.165) is 25.1 Å². The van der Waals surface area contributed by atoms with E-state index in [1.54, 1.807) is 13.2 Å². The number of nitrogens with zero attached hydrogens (tertiary/aromatic N) is 1. The standard InChI is InChI=1S/C11H15N3O/c1-15-11-9(2-3-10(12)14-11)8-4-6-13-7-5-8/h2-4,13H,5-7H2,1H3,(H2,12,14). The van der Waals surface area contributed by atoms with Crippen LogP contribution in [-0.2, 0) is 0 Å². The Morgan fingerprint density at radius 1 is 1.47 bits per heavy atom. The average Bonchev–Trinajstić information content (AvgIpc) is 2.30. The van der Waals surface area contributed by atoms with Gasteiger partial charge >= 0.3 is 0 Å². The summed E-state index contributed by atoms with van der Waals surface area (Å²) < 4.78 is 5.23. The normalized spacial score (nSPS) is 15.9. The third kappa shape index (κ3) is 2.10. The number of nitrogens with one attached hydrogen (secondary N) is 1. The molecule has 1 aromatic heterocycles. The van der Waals surface area contributed by atoms with Crippen molar-refractivity contribution >= 4 is 11.4 Å². The van der Waals surface area contributed by atoms with Crippen molar-refractivity contribution in [2.45, 2.75) is 6.42 Å². The van der Waals surface area contributed by atoms with Gasteiger partial charge in [-0.15, -0.1) is 0 Å². The lowest BCUT2D eigenvalue weighted by Crippen LogP contribution is -2.20. The molecule has 0 saturated heterocycles. The van der Waals surface area contributed by atoms with Crippen LogP contribution in [0.2, 0.25) is 0 Å². The zero-order valence-electron chi connectivity index (χ0n) is 8.79. The minimum Gasteiger partial charge on any atom is -0.481 e. The Kier molecular flexibility index (Phi) is 2.87. The van der Waals surface area contributed by atoms with Crippen molar-refractivity contribution in [3.05, 3.63) is 23.8 Å². The number of hydrogen-bond donors (Lipinski definition) is 2. The molecule has 80 valence electrons. The number of nitrogen functional groups attached to an aromatic ring is 1. The minimum absolute atomic E-state index is 0.491. The highest BCUT2D eigenvalue weighted by Gasteiger charge is 2.12. The van der Waals surface area contributed by atoms with Gasteiger partial charge in [0.25, 0.3) is 0 Å². The van der Waals surface area contributed by atoms with Crippen molar-refractivity contribution < 1.29 is 4.74 Å². The lowest BCUT2D eigenvalue weighted by Gasteiger charge is -2.16. The summed E-state index contributed by atoms with van der Waals surface area (Å²) in [5, 5.41) is 3.27. The number of hydrogen-bond acceptors (Lipinski definition) is 4. The van der Waals surface area contributed by atoms with Crippen molar-refractivity contribution in [1.29, 1.82) is 0 Å². The highest BCUT2D eigenvalue weighted by atomic mass is 16.5. The number of ether oxygens (including phenoxy) is 1. The Bertz CT molecular complexity index is 387. The van der Waals surface area contributed by atoms with Crippen LogP contribution in [0.3, 0.4) is 0 Å². The Balaban J connectivity index is 2.38. The maximum atomic E-state index is 5.61. The van der Waals surface area contributed by atoms with E-state index < -0.39 is 0 Å². The highest BCUT2D eigenvalue weighted by Crippen LogP contribution is 2.27. The first kappa shape index (κ1) is 9.98. The number of nitrogens with two attached hydrogens (primary N) is 1. The molecule has 4 heteroatoms. The summed E-state index contributed by atoms with van der Waals surface area (Å²) >= 11 is 0. The van der Waals surface area contributed by atoms with Gasteiger partial charge in [0, 0.05) is 12.1 Å². The third-order valence-electron chi connectivity index (χ3n) is 2.49. The van der Waals surface area contributed by atoms with E-state index in [1.807, 2.05) is 6.07 Å². The number of pyridine rings is 1. The number of aromatic nitrogens is 1. The molecule has 3 N–H and O–H groups in total. The molecule has 0 aliphatic carbocycles. The molecular weight excluding hydrogens is 190 g/mol. The number of anilines is 1. The molecule has 4 nitrogen and oxygen atoms in total. The molecule has 15 heavy (non-hydrogen) atoms. The molecule has 0 atom stereocenters. The molecule has 2 heterocycles. The molecular formula is C11H15N3O. The van der Waals surface area contributed by atoms with Gasteiger partial charge in [-0.25, -0.2) is 0 Å². The van der Waals surface area contributed by atoms with Crippen LogP contribution in [0, 0.1) is 0 Å². The van der Waals surface area contributed by atoms with Crippen molar-refractivity contribution in [3.63, 3.8) is 0 Å². The van der Waals surface area contributed by atoms with Crippen LogP contribution in [0.5, 0.6) is 5.88 Å². The zero-order valence-corrected chi connectivity index (χ0v) is 8.79. The van der Waals surface area contributed by atoms with E-state index >= 15 is 0 Å².